The van der Waals surface area contributed by atoms with Crippen LogP contribution in [0.25, 0.3) is 0 Å². The van der Waals surface area contributed by atoms with Gasteiger partial charge in [0.2, 0.25) is 0 Å². The van der Waals surface area contributed by atoms with Crippen LogP contribution in [0.4, 0.5) is 0 Å². The summed E-state index contributed by atoms with van der Waals surface area (Å²) in [4.78, 5) is 34.9. The Hall–Kier alpha value is -2.89. The maximum Gasteiger partial charge on any atom is 0.306 e. The van der Waals surface area contributed by atoms with Crippen molar-refractivity contribution in [2.75, 3.05) is 6.61 Å². The highest BCUT2D eigenvalue weighted by molar-refractivity contribution is 5.72. The number of rotatable bonds is 16. The van der Waals surface area contributed by atoms with E-state index >= 15 is 0 Å². The maximum atomic E-state index is 12.5. The van der Waals surface area contributed by atoms with Gasteiger partial charge in [0.05, 0.1) is 133 Å². The second-order valence-corrected chi connectivity index (χ2v) is 29.4. The largest absolute Gasteiger partial charge is 0.481 e. The third-order valence-corrected chi connectivity index (χ3v) is 21.5. The van der Waals surface area contributed by atoms with Crippen LogP contribution in [0.15, 0.2) is 36.0 Å². The zero-order chi connectivity index (χ0) is 61.3. The monoisotopic (exact) mass is 1200 g/mol. The molecule has 0 aromatic rings. The van der Waals surface area contributed by atoms with Crippen molar-refractivity contribution in [3.05, 3.63) is 36.0 Å². The number of aliphatic carboxylic acids is 2. The molecule has 19 nitrogen and oxygen atoms in total. The molecular weight excluding hydrogens is 1100 g/mol. The van der Waals surface area contributed by atoms with E-state index in [0.29, 0.717) is 77.0 Å². The predicted octanol–water partition coefficient (Wildman–Crippen LogP) is 8.28. The Labute approximate surface area is 503 Å². The SMILES string of the molecule is C=C1C[C@H]2O[C@@H]3[C@@H](C[C@]2(C)O[C@@H]1C/C(C)=C/[C@@H](C)COC(=O)C[C@@H](C)CC(=O)O)O[C@H]1C[C@H]2O[C@H]4CC[C@H]5O[C@H]6C[C@H]7O[C@@H](C[C@H](O)C[C@@H]8C[C@@H](C)[C@@H]([C@@H](C)CC(=O)O)O8)[C@](C)(O)CC[C@@H]7O[C@]6(C)C[C@]5(C)O[C@@H]4C/C=C\[C@H](C)[C@@H]2O[C@]1(C)[C@H]3O. The summed E-state index contributed by atoms with van der Waals surface area (Å²) >= 11 is 0. The topological polar surface area (TPSA) is 254 Å². The van der Waals surface area contributed by atoms with Crippen LogP contribution in [-0.2, 0) is 66.5 Å². The number of hydrogen-bond acceptors (Lipinski definition) is 17. The average Bonchev–Trinajstić information content (AvgIpc) is 1.94. The van der Waals surface area contributed by atoms with Gasteiger partial charge in [-0.05, 0) is 123 Å². The van der Waals surface area contributed by atoms with Crippen LogP contribution in [0.2, 0.25) is 0 Å². The fraction of sp³-hybridized carbons (Fsp3) is 0.864. The minimum absolute atomic E-state index is 0.0312. The maximum absolute atomic E-state index is 12.5. The fourth-order valence-corrected chi connectivity index (χ4v) is 16.9. The van der Waals surface area contributed by atoms with E-state index in [9.17, 15) is 34.8 Å². The number of carbonyl (C=O) groups excluding carboxylic acids is 1. The first-order chi connectivity index (χ1) is 39.9. The second kappa shape index (κ2) is 25.4. The Kier molecular flexibility index (Phi) is 19.5. The molecule has 10 aliphatic heterocycles. The first-order valence-corrected chi connectivity index (χ1v) is 32.3. The number of esters is 1. The van der Waals surface area contributed by atoms with Gasteiger partial charge < -0.3 is 77.6 Å². The van der Waals surface area contributed by atoms with Gasteiger partial charge in [0.15, 0.2) is 0 Å². The van der Waals surface area contributed by atoms with Crippen molar-refractivity contribution in [3.8, 4) is 0 Å². The molecular formula is C66H102O19. The molecule has 28 atom stereocenters. The van der Waals surface area contributed by atoms with E-state index in [1.165, 1.54) is 0 Å². The predicted molar refractivity (Wildman–Crippen MR) is 310 cm³/mol. The molecule has 0 unspecified atom stereocenters. The average molecular weight is 1200 g/mol. The Bertz CT molecular complexity index is 2470. The molecule has 0 radical (unpaired) electrons. The van der Waals surface area contributed by atoms with Crippen molar-refractivity contribution in [3.63, 3.8) is 0 Å². The standard InChI is InChI=1S/C66H102O19/c1-34(20-36(3)32-75-57(72)23-35(2)22-55(68)69)21-46-38(5)25-52-63(9,84-46)31-49-60(81-52)61(73)66(12)54(79-49)30-48-59(85-66)37(4)14-13-15-44-43(77-48)16-17-50-64(10,82-44)33-65(11)53(80-50)29-47-45(83-65)18-19-62(8,74)51(78-47)28-41(67)27-42-24-39(6)58(76-42)40(7)26-56(70)71/h13-14,20,35-37,39-54,58-61,67,73-74H,5,15-19,21-33H2,1-4,6-12H3,(H,68,69)(H,70,71)/b14-13-,34-20+/t35-,36+,37-,39+,40-,41+,42-,43-,44+,45-,46+,47+,48+,49+,50+,51-,52+,53-,54-,58-,59-,60+,61-,62+,63-,64-,65+,66-/m0/s1. The summed E-state index contributed by atoms with van der Waals surface area (Å²) < 4.78 is 75.7. The molecule has 0 aliphatic carbocycles. The number of carboxylic acid groups (broad SMARTS) is 2. The van der Waals surface area contributed by atoms with Crippen LogP contribution in [0, 0.1) is 29.6 Å². The van der Waals surface area contributed by atoms with E-state index in [0.717, 1.165) is 17.6 Å². The molecule has 10 rings (SSSR count). The van der Waals surface area contributed by atoms with Crippen LogP contribution < -0.4 is 0 Å². The van der Waals surface area contributed by atoms with Gasteiger partial charge >= 0.3 is 17.9 Å². The van der Waals surface area contributed by atoms with E-state index in [4.69, 9.17) is 57.2 Å². The number of fused-ring (bicyclic) bond motifs is 8. The molecule has 0 amide bonds. The molecule has 0 spiro atoms. The van der Waals surface area contributed by atoms with E-state index in [1.807, 2.05) is 27.7 Å². The molecule has 5 N–H and O–H groups in total. The summed E-state index contributed by atoms with van der Waals surface area (Å²) in [6, 6.07) is 0. The third kappa shape index (κ3) is 14.0. The van der Waals surface area contributed by atoms with Crippen molar-refractivity contribution >= 4 is 17.9 Å². The lowest BCUT2D eigenvalue weighted by Gasteiger charge is -2.61. The first kappa shape index (κ1) is 65.1. The summed E-state index contributed by atoms with van der Waals surface area (Å²) in [5.74, 6) is -2.60. The van der Waals surface area contributed by atoms with Gasteiger partial charge in [0.1, 0.15) is 17.8 Å². The number of hydrogen-bond donors (Lipinski definition) is 5. The van der Waals surface area contributed by atoms with Crippen LogP contribution in [0.5, 0.6) is 0 Å². The minimum Gasteiger partial charge on any atom is -0.481 e. The molecule has 0 bridgehead atoms. The van der Waals surface area contributed by atoms with Crippen molar-refractivity contribution in [1.29, 1.82) is 0 Å². The highest BCUT2D eigenvalue weighted by atomic mass is 16.7. The number of aliphatic hydroxyl groups excluding tert-OH is 2. The number of carbonyl (C=O) groups is 3. The van der Waals surface area contributed by atoms with Crippen LogP contribution in [0.3, 0.4) is 0 Å². The van der Waals surface area contributed by atoms with Gasteiger partial charge in [-0.1, -0.05) is 65.0 Å². The smallest absolute Gasteiger partial charge is 0.306 e. The molecule has 10 aliphatic rings. The lowest BCUT2D eigenvalue weighted by molar-refractivity contribution is -0.369. The quantitative estimate of drug-likeness (QED) is 0.0720. The zero-order valence-electron chi connectivity index (χ0n) is 52.4. The summed E-state index contributed by atoms with van der Waals surface area (Å²) in [5, 5.41) is 54.4. The highest BCUT2D eigenvalue weighted by Crippen LogP contribution is 2.54. The summed E-state index contributed by atoms with van der Waals surface area (Å²) in [6.45, 7) is 26.6. The van der Waals surface area contributed by atoms with E-state index in [1.54, 1.807) is 13.8 Å². The fourth-order valence-electron chi connectivity index (χ4n) is 16.9. The Morgan fingerprint density at radius 1 is 0.741 bits per heavy atom. The van der Waals surface area contributed by atoms with E-state index in [-0.39, 0.29) is 129 Å². The lowest BCUT2D eigenvalue weighted by Crippen LogP contribution is -2.74. The van der Waals surface area contributed by atoms with Crippen molar-refractivity contribution in [2.24, 2.45) is 29.6 Å². The Balaban J connectivity index is 0.765. The molecule has 480 valence electrons. The summed E-state index contributed by atoms with van der Waals surface area (Å²) in [6.07, 6.45) is 6.26. The van der Waals surface area contributed by atoms with Gasteiger partial charge in [0, 0.05) is 56.8 Å². The van der Waals surface area contributed by atoms with Crippen molar-refractivity contribution < 1.29 is 92.0 Å². The molecule has 0 aromatic heterocycles. The third-order valence-electron chi connectivity index (χ3n) is 21.5. The molecule has 85 heavy (non-hydrogen) atoms. The molecule has 9 fully saturated rings. The molecule has 0 saturated carbocycles. The normalized spacial score (nSPS) is 48.0. The minimum atomic E-state index is -1.21. The van der Waals surface area contributed by atoms with Crippen LogP contribution in [0.1, 0.15) is 185 Å². The van der Waals surface area contributed by atoms with Gasteiger partial charge in [-0.3, -0.25) is 14.4 Å². The van der Waals surface area contributed by atoms with Gasteiger partial charge in [0.25, 0.3) is 0 Å². The molecule has 9 saturated heterocycles. The van der Waals surface area contributed by atoms with Gasteiger partial charge in [-0.25, -0.2) is 0 Å². The second-order valence-electron chi connectivity index (χ2n) is 29.4. The highest BCUT2D eigenvalue weighted by Gasteiger charge is 2.65. The van der Waals surface area contributed by atoms with Crippen molar-refractivity contribution in [2.45, 2.75) is 323 Å². The van der Waals surface area contributed by atoms with E-state index < -0.39 is 88.6 Å². The van der Waals surface area contributed by atoms with Gasteiger partial charge in [-0.15, -0.1) is 0 Å². The summed E-state index contributed by atoms with van der Waals surface area (Å²) in [7, 11) is 0. The lowest BCUT2D eigenvalue weighted by atomic mass is 9.72. The summed E-state index contributed by atoms with van der Waals surface area (Å²) in [5.41, 5.74) is -2.50. The molecule has 19 heteroatoms. The number of ether oxygens (including phenoxy) is 11. The first-order valence-electron chi connectivity index (χ1n) is 32.3. The Morgan fingerprint density at radius 3 is 2.20 bits per heavy atom. The van der Waals surface area contributed by atoms with Crippen LogP contribution >= 0.6 is 0 Å². The number of carboxylic acids is 2. The number of aliphatic hydroxyl groups is 3. The molecule has 10 heterocycles. The Morgan fingerprint density at radius 2 is 1.46 bits per heavy atom. The molecule has 0 aromatic carbocycles. The van der Waals surface area contributed by atoms with Gasteiger partial charge in [-0.2, -0.15) is 0 Å². The zero-order valence-corrected chi connectivity index (χ0v) is 52.4. The van der Waals surface area contributed by atoms with Crippen LogP contribution in [-0.4, -0.2) is 188 Å². The van der Waals surface area contributed by atoms with Crippen molar-refractivity contribution in [1.82, 2.24) is 0 Å². The van der Waals surface area contributed by atoms with E-state index in [2.05, 4.69) is 59.4 Å².